The van der Waals surface area contributed by atoms with Crippen molar-refractivity contribution in [1.82, 2.24) is 4.57 Å². The van der Waals surface area contributed by atoms with Crippen LogP contribution >= 0.6 is 0 Å². The van der Waals surface area contributed by atoms with E-state index < -0.39 is 0 Å². The Hall–Kier alpha value is -3.52. The summed E-state index contributed by atoms with van der Waals surface area (Å²) in [7, 11) is 0. The zero-order valence-electron chi connectivity index (χ0n) is 17.8. The molecule has 150 valence electrons. The lowest BCUT2D eigenvalue weighted by Crippen LogP contribution is -2.00. The van der Waals surface area contributed by atoms with Crippen molar-refractivity contribution >= 4 is 39.3 Å². The van der Waals surface area contributed by atoms with E-state index >= 15 is 0 Å². The third-order valence-electron chi connectivity index (χ3n) is 5.51. The summed E-state index contributed by atoms with van der Waals surface area (Å²) in [6.45, 7) is 12.2. The molecule has 1 aromatic heterocycles. The third kappa shape index (κ3) is 3.57. The Balaban J connectivity index is 2.00. The Morgan fingerprint density at radius 2 is 1.90 bits per heavy atom. The Morgan fingerprint density at radius 1 is 1.07 bits per heavy atom. The fourth-order valence-electron chi connectivity index (χ4n) is 4.03. The highest BCUT2D eigenvalue weighted by atomic mass is 15.0. The van der Waals surface area contributed by atoms with Crippen molar-refractivity contribution in [2.24, 2.45) is 0 Å². The number of aryl methyl sites for hydroxylation is 1. The number of hydrogen-bond donors (Lipinski definition) is 1. The Labute approximate surface area is 178 Å². The minimum absolute atomic E-state index is 0.952. The molecule has 0 unspecified atom stereocenters. The highest BCUT2D eigenvalue weighted by Crippen LogP contribution is 2.37. The van der Waals surface area contributed by atoms with E-state index in [-0.39, 0.29) is 0 Å². The van der Waals surface area contributed by atoms with Gasteiger partial charge in [0.05, 0.1) is 11.0 Å². The van der Waals surface area contributed by atoms with E-state index in [2.05, 4.69) is 78.5 Å². The molecule has 0 saturated carbocycles. The molecule has 0 amide bonds. The smallest absolute Gasteiger partial charge is 0.0548 e. The van der Waals surface area contributed by atoms with E-state index in [1.54, 1.807) is 0 Å². The molecule has 1 aliphatic rings. The van der Waals surface area contributed by atoms with Gasteiger partial charge in [-0.3, -0.25) is 0 Å². The monoisotopic (exact) mass is 392 g/mol. The number of nitrogens with zero attached hydrogens (tertiary/aromatic N) is 1. The zero-order chi connectivity index (χ0) is 21.1. The molecule has 1 N–H and O–H groups in total. The Morgan fingerprint density at radius 3 is 2.60 bits per heavy atom. The van der Waals surface area contributed by atoms with E-state index in [0.717, 1.165) is 29.8 Å². The predicted molar refractivity (Wildman–Crippen MR) is 134 cm³/mol. The van der Waals surface area contributed by atoms with E-state index in [1.165, 1.54) is 33.1 Å². The topological polar surface area (TPSA) is 17.0 Å². The summed E-state index contributed by atoms with van der Waals surface area (Å²) < 4.78 is 2.38. The Bertz CT molecular complexity index is 1260. The van der Waals surface area contributed by atoms with Crippen LogP contribution in [0.15, 0.2) is 91.7 Å². The summed E-state index contributed by atoms with van der Waals surface area (Å²) >= 11 is 0. The molecule has 2 heteroatoms. The molecule has 0 radical (unpaired) electrons. The molecule has 1 heterocycles. The number of hydrogen-bond acceptors (Lipinski definition) is 1. The first kappa shape index (κ1) is 19.8. The number of fused-ring (bicyclic) bond motifs is 3. The van der Waals surface area contributed by atoms with Gasteiger partial charge >= 0.3 is 0 Å². The fourth-order valence-corrected chi connectivity index (χ4v) is 4.03. The lowest BCUT2D eigenvalue weighted by Gasteiger charge is -2.14. The number of rotatable bonds is 6. The third-order valence-corrected chi connectivity index (χ3v) is 5.51. The van der Waals surface area contributed by atoms with Crippen molar-refractivity contribution in [1.29, 1.82) is 0 Å². The van der Waals surface area contributed by atoms with Gasteiger partial charge < -0.3 is 9.88 Å². The molecule has 2 aromatic carbocycles. The second kappa shape index (κ2) is 8.46. The van der Waals surface area contributed by atoms with Gasteiger partial charge in [0.15, 0.2) is 0 Å². The van der Waals surface area contributed by atoms with Crippen LogP contribution in [0.25, 0.3) is 33.6 Å². The molecule has 0 bridgehead atoms. The van der Waals surface area contributed by atoms with Crippen LogP contribution in [0.1, 0.15) is 30.9 Å². The lowest BCUT2D eigenvalue weighted by molar-refractivity contribution is 1.02. The van der Waals surface area contributed by atoms with Gasteiger partial charge in [-0.25, -0.2) is 0 Å². The second-order valence-corrected chi connectivity index (χ2v) is 7.60. The lowest BCUT2D eigenvalue weighted by atomic mass is 10.1. The quantitative estimate of drug-likeness (QED) is 0.421. The molecule has 3 aromatic rings. The van der Waals surface area contributed by atoms with Gasteiger partial charge in [-0.1, -0.05) is 55.2 Å². The summed E-state index contributed by atoms with van der Waals surface area (Å²) in [6.07, 6.45) is 18.8. The average Bonchev–Trinajstić information content (AvgIpc) is 3.09. The Kier molecular flexibility index (Phi) is 5.58. The molecule has 0 fully saturated rings. The second-order valence-electron chi connectivity index (χ2n) is 7.60. The first-order valence-electron chi connectivity index (χ1n) is 10.5. The van der Waals surface area contributed by atoms with Crippen LogP contribution in [0, 0.1) is 6.92 Å². The highest BCUT2D eigenvalue weighted by Gasteiger charge is 2.16. The van der Waals surface area contributed by atoms with Crippen molar-refractivity contribution in [3.05, 3.63) is 103 Å². The minimum atomic E-state index is 0.952. The fraction of sp³-hybridized carbons (Fsp3) is 0.143. The molecule has 0 spiro atoms. The van der Waals surface area contributed by atoms with Crippen LogP contribution in [-0.2, 0) is 0 Å². The maximum atomic E-state index is 4.07. The molecular formula is C28H28N2. The van der Waals surface area contributed by atoms with Crippen molar-refractivity contribution in [2.75, 3.05) is 5.32 Å². The molecule has 0 atom stereocenters. The summed E-state index contributed by atoms with van der Waals surface area (Å²) in [5.41, 5.74) is 7.98. The predicted octanol–water partition coefficient (Wildman–Crippen LogP) is 7.99. The van der Waals surface area contributed by atoms with E-state index in [4.69, 9.17) is 0 Å². The first-order valence-corrected chi connectivity index (χ1v) is 10.5. The van der Waals surface area contributed by atoms with Gasteiger partial charge in [0.1, 0.15) is 0 Å². The summed E-state index contributed by atoms with van der Waals surface area (Å²) in [5.74, 6) is 0. The maximum Gasteiger partial charge on any atom is 0.0548 e. The summed E-state index contributed by atoms with van der Waals surface area (Å²) in [6, 6.07) is 11.2. The van der Waals surface area contributed by atoms with Crippen molar-refractivity contribution < 1.29 is 0 Å². The van der Waals surface area contributed by atoms with Crippen molar-refractivity contribution in [3.8, 4) is 0 Å². The van der Waals surface area contributed by atoms with E-state index in [9.17, 15) is 0 Å². The SMILES string of the molecule is C=C/C(=C\C=C/C)Nc1cc2c3cc(C)ccc3n(C3=CCCC=C3)c2cc1C=C. The van der Waals surface area contributed by atoms with Crippen molar-refractivity contribution in [2.45, 2.75) is 26.7 Å². The molecule has 0 saturated heterocycles. The molecule has 2 nitrogen and oxygen atoms in total. The van der Waals surface area contributed by atoms with E-state index in [1.807, 2.05) is 37.3 Å². The molecule has 0 aliphatic heterocycles. The first-order chi connectivity index (χ1) is 14.7. The maximum absolute atomic E-state index is 4.07. The van der Waals surface area contributed by atoms with Crippen LogP contribution in [0.3, 0.4) is 0 Å². The zero-order valence-corrected chi connectivity index (χ0v) is 17.8. The van der Waals surface area contributed by atoms with E-state index in [0.29, 0.717) is 0 Å². The van der Waals surface area contributed by atoms with Gasteiger partial charge in [0.2, 0.25) is 0 Å². The van der Waals surface area contributed by atoms with Crippen LogP contribution in [0.2, 0.25) is 0 Å². The van der Waals surface area contributed by atoms with Gasteiger partial charge in [-0.15, -0.1) is 0 Å². The number of anilines is 1. The van der Waals surface area contributed by atoms with Gasteiger partial charge in [0, 0.05) is 27.9 Å². The van der Waals surface area contributed by atoms with Gasteiger partial charge in [-0.2, -0.15) is 0 Å². The number of benzene rings is 2. The largest absolute Gasteiger partial charge is 0.355 e. The standard InChI is InChI=1S/C28H28N2/c1-5-8-12-22(7-3)29-26-19-25-24-17-20(4)15-16-27(24)30(23-13-10-9-11-14-23)28(25)18-21(26)6-2/h5-8,10,12-19,29H,2-3,9,11H2,1,4H3/b8-5-,22-12+. The van der Waals surface area contributed by atoms with Crippen LogP contribution in [0.5, 0.6) is 0 Å². The summed E-state index contributed by atoms with van der Waals surface area (Å²) in [4.78, 5) is 0. The number of nitrogens with one attached hydrogen (secondary N) is 1. The molecule has 1 aliphatic carbocycles. The molecule has 30 heavy (non-hydrogen) atoms. The normalized spacial score (nSPS) is 14.5. The molecular weight excluding hydrogens is 364 g/mol. The molecule has 4 rings (SSSR count). The summed E-state index contributed by atoms with van der Waals surface area (Å²) in [5, 5.41) is 6.02. The highest BCUT2D eigenvalue weighted by molar-refractivity contribution is 6.12. The average molecular weight is 393 g/mol. The van der Waals surface area contributed by atoms with Gasteiger partial charge in [-0.05, 0) is 74.7 Å². The minimum Gasteiger partial charge on any atom is -0.355 e. The van der Waals surface area contributed by atoms with Gasteiger partial charge in [0.25, 0.3) is 0 Å². The van der Waals surface area contributed by atoms with Crippen LogP contribution in [0.4, 0.5) is 5.69 Å². The van der Waals surface area contributed by atoms with Crippen LogP contribution in [-0.4, -0.2) is 4.57 Å². The van der Waals surface area contributed by atoms with Crippen LogP contribution < -0.4 is 5.32 Å². The van der Waals surface area contributed by atoms with Crippen molar-refractivity contribution in [3.63, 3.8) is 0 Å². The number of allylic oxidation sites excluding steroid dienone is 8. The number of aromatic nitrogens is 1.